The van der Waals surface area contributed by atoms with E-state index in [1.807, 2.05) is 0 Å². The Bertz CT molecular complexity index is 370. The molecule has 1 heterocycles. The Kier molecular flexibility index (Phi) is 2.19. The standard InChI is InChI=1S/C14H19N/c1-10-7-8-14-12(9-10)11-5-3-2-4-6-13(11)15-14/h7-9,11,13,15H,2-6H2,1H3/t11-,13+/m0/s1. The summed E-state index contributed by atoms with van der Waals surface area (Å²) in [6, 6.07) is 7.60. The van der Waals surface area contributed by atoms with E-state index < -0.39 is 0 Å². The Morgan fingerprint density at radius 2 is 2.00 bits per heavy atom. The number of hydrogen-bond acceptors (Lipinski definition) is 1. The fourth-order valence-electron chi connectivity index (χ4n) is 3.17. The first-order valence-corrected chi connectivity index (χ1v) is 6.22. The van der Waals surface area contributed by atoms with Crippen LogP contribution in [0.2, 0.25) is 0 Å². The number of nitrogens with one attached hydrogen (secondary N) is 1. The summed E-state index contributed by atoms with van der Waals surface area (Å²) in [5.74, 6) is 0.794. The van der Waals surface area contributed by atoms with E-state index in [0.29, 0.717) is 0 Å². The van der Waals surface area contributed by atoms with Gasteiger partial charge in [-0.2, -0.15) is 0 Å². The summed E-state index contributed by atoms with van der Waals surface area (Å²) < 4.78 is 0. The zero-order valence-electron chi connectivity index (χ0n) is 9.42. The highest BCUT2D eigenvalue weighted by atomic mass is 15.0. The number of fused-ring (bicyclic) bond motifs is 3. The first kappa shape index (κ1) is 9.26. The van der Waals surface area contributed by atoms with Crippen LogP contribution in [0.15, 0.2) is 18.2 Å². The summed E-state index contributed by atoms with van der Waals surface area (Å²) in [6.45, 7) is 2.20. The molecule has 3 rings (SSSR count). The zero-order chi connectivity index (χ0) is 10.3. The first-order chi connectivity index (χ1) is 7.34. The van der Waals surface area contributed by atoms with E-state index in [2.05, 4.69) is 30.4 Å². The molecular weight excluding hydrogens is 182 g/mol. The lowest BCUT2D eigenvalue weighted by molar-refractivity contribution is 0.562. The third-order valence-corrected chi connectivity index (χ3v) is 3.96. The molecule has 0 saturated heterocycles. The summed E-state index contributed by atoms with van der Waals surface area (Å²) in [5, 5.41) is 3.70. The van der Waals surface area contributed by atoms with Crippen molar-refractivity contribution in [3.8, 4) is 0 Å². The number of aryl methyl sites for hydroxylation is 1. The molecule has 1 aromatic carbocycles. The van der Waals surface area contributed by atoms with Crippen molar-refractivity contribution in [1.29, 1.82) is 0 Å². The molecule has 1 aromatic rings. The average molecular weight is 201 g/mol. The summed E-state index contributed by atoms with van der Waals surface area (Å²) in [5.41, 5.74) is 4.39. The lowest BCUT2D eigenvalue weighted by atomic mass is 9.90. The molecule has 80 valence electrons. The molecule has 0 radical (unpaired) electrons. The molecule has 2 aliphatic rings. The van der Waals surface area contributed by atoms with Gasteiger partial charge in [-0.1, -0.05) is 37.0 Å². The molecule has 1 heteroatoms. The van der Waals surface area contributed by atoms with E-state index in [1.165, 1.54) is 43.4 Å². The number of anilines is 1. The number of benzene rings is 1. The highest BCUT2D eigenvalue weighted by Crippen LogP contribution is 2.42. The molecule has 1 nitrogen and oxygen atoms in total. The van der Waals surface area contributed by atoms with Crippen LogP contribution in [-0.2, 0) is 0 Å². The minimum Gasteiger partial charge on any atom is -0.381 e. The van der Waals surface area contributed by atoms with Gasteiger partial charge in [-0.05, 0) is 31.4 Å². The fraction of sp³-hybridized carbons (Fsp3) is 0.571. The second-order valence-corrected chi connectivity index (χ2v) is 5.09. The van der Waals surface area contributed by atoms with Crippen molar-refractivity contribution in [2.45, 2.75) is 51.0 Å². The largest absolute Gasteiger partial charge is 0.381 e. The van der Waals surface area contributed by atoms with E-state index in [0.717, 1.165) is 12.0 Å². The Morgan fingerprint density at radius 1 is 1.13 bits per heavy atom. The van der Waals surface area contributed by atoms with E-state index in [4.69, 9.17) is 0 Å². The third-order valence-electron chi connectivity index (χ3n) is 3.96. The minimum absolute atomic E-state index is 0.726. The molecule has 0 unspecified atom stereocenters. The molecule has 15 heavy (non-hydrogen) atoms. The summed E-state index contributed by atoms with van der Waals surface area (Å²) in [7, 11) is 0. The second-order valence-electron chi connectivity index (χ2n) is 5.09. The minimum atomic E-state index is 0.726. The molecular formula is C14H19N. The van der Waals surface area contributed by atoms with Gasteiger partial charge in [0.2, 0.25) is 0 Å². The summed E-state index contributed by atoms with van der Waals surface area (Å²) in [4.78, 5) is 0. The van der Waals surface area contributed by atoms with Gasteiger partial charge in [0, 0.05) is 17.6 Å². The maximum absolute atomic E-state index is 3.70. The van der Waals surface area contributed by atoms with E-state index in [1.54, 1.807) is 5.56 Å². The van der Waals surface area contributed by atoms with Gasteiger partial charge in [0.1, 0.15) is 0 Å². The molecule has 1 fully saturated rings. The topological polar surface area (TPSA) is 12.0 Å². The average Bonchev–Trinajstić information content (AvgIpc) is 2.44. The normalized spacial score (nSPS) is 28.9. The van der Waals surface area contributed by atoms with Crippen LogP contribution in [0.4, 0.5) is 5.69 Å². The van der Waals surface area contributed by atoms with Gasteiger partial charge >= 0.3 is 0 Å². The van der Waals surface area contributed by atoms with Crippen LogP contribution in [0.1, 0.15) is 49.1 Å². The van der Waals surface area contributed by atoms with Crippen LogP contribution in [0, 0.1) is 6.92 Å². The highest BCUT2D eigenvalue weighted by molar-refractivity contribution is 5.60. The molecule has 1 saturated carbocycles. The van der Waals surface area contributed by atoms with Gasteiger partial charge in [-0.15, -0.1) is 0 Å². The maximum Gasteiger partial charge on any atom is 0.0378 e. The Labute approximate surface area is 91.9 Å². The monoisotopic (exact) mass is 201 g/mol. The predicted molar refractivity (Wildman–Crippen MR) is 64.4 cm³/mol. The molecule has 0 amide bonds. The smallest absolute Gasteiger partial charge is 0.0378 e. The molecule has 0 spiro atoms. The van der Waals surface area contributed by atoms with Gasteiger partial charge in [0.05, 0.1) is 0 Å². The molecule has 0 aromatic heterocycles. The van der Waals surface area contributed by atoms with Crippen molar-refractivity contribution in [1.82, 2.24) is 0 Å². The molecule has 1 aliphatic heterocycles. The number of rotatable bonds is 0. The van der Waals surface area contributed by atoms with Crippen LogP contribution < -0.4 is 5.32 Å². The highest BCUT2D eigenvalue weighted by Gasteiger charge is 2.32. The van der Waals surface area contributed by atoms with Crippen LogP contribution in [-0.4, -0.2) is 6.04 Å². The van der Waals surface area contributed by atoms with Crippen molar-refractivity contribution in [2.75, 3.05) is 5.32 Å². The lowest BCUT2D eigenvalue weighted by Crippen LogP contribution is -2.18. The fourth-order valence-corrected chi connectivity index (χ4v) is 3.17. The van der Waals surface area contributed by atoms with Gasteiger partial charge in [-0.3, -0.25) is 0 Å². The lowest BCUT2D eigenvalue weighted by Gasteiger charge is -2.16. The van der Waals surface area contributed by atoms with Crippen molar-refractivity contribution >= 4 is 5.69 Å². The van der Waals surface area contributed by atoms with Gasteiger partial charge in [-0.25, -0.2) is 0 Å². The van der Waals surface area contributed by atoms with E-state index in [9.17, 15) is 0 Å². The van der Waals surface area contributed by atoms with E-state index >= 15 is 0 Å². The molecule has 1 N–H and O–H groups in total. The van der Waals surface area contributed by atoms with Gasteiger partial charge in [0.15, 0.2) is 0 Å². The van der Waals surface area contributed by atoms with E-state index in [-0.39, 0.29) is 0 Å². The molecule has 0 bridgehead atoms. The van der Waals surface area contributed by atoms with Crippen molar-refractivity contribution in [3.05, 3.63) is 29.3 Å². The summed E-state index contributed by atoms with van der Waals surface area (Å²) in [6.07, 6.45) is 6.99. The maximum atomic E-state index is 3.70. The van der Waals surface area contributed by atoms with Gasteiger partial charge in [0.25, 0.3) is 0 Å². The van der Waals surface area contributed by atoms with Crippen molar-refractivity contribution in [3.63, 3.8) is 0 Å². The third kappa shape index (κ3) is 1.54. The number of hydrogen-bond donors (Lipinski definition) is 1. The zero-order valence-corrected chi connectivity index (χ0v) is 9.42. The molecule has 2 atom stereocenters. The second kappa shape index (κ2) is 3.55. The quantitative estimate of drug-likeness (QED) is 0.672. The first-order valence-electron chi connectivity index (χ1n) is 6.22. The van der Waals surface area contributed by atoms with Crippen LogP contribution >= 0.6 is 0 Å². The predicted octanol–water partition coefficient (Wildman–Crippen LogP) is 3.84. The Hall–Kier alpha value is -0.980. The summed E-state index contributed by atoms with van der Waals surface area (Å²) >= 11 is 0. The van der Waals surface area contributed by atoms with Crippen LogP contribution in [0.3, 0.4) is 0 Å². The molecule has 1 aliphatic carbocycles. The van der Waals surface area contributed by atoms with Crippen LogP contribution in [0.25, 0.3) is 0 Å². The van der Waals surface area contributed by atoms with Crippen molar-refractivity contribution in [2.24, 2.45) is 0 Å². The Balaban J connectivity index is 1.98. The van der Waals surface area contributed by atoms with Gasteiger partial charge < -0.3 is 5.32 Å². The Morgan fingerprint density at radius 3 is 2.93 bits per heavy atom. The van der Waals surface area contributed by atoms with Crippen LogP contribution in [0.5, 0.6) is 0 Å². The SMILES string of the molecule is Cc1ccc2c(c1)[C@@H]1CCCCC[C@H]1N2. The van der Waals surface area contributed by atoms with Crippen molar-refractivity contribution < 1.29 is 0 Å².